The van der Waals surface area contributed by atoms with Gasteiger partial charge in [-0.1, -0.05) is 42.5 Å². The molecule has 4 rings (SSSR count). The van der Waals surface area contributed by atoms with Gasteiger partial charge in [-0.25, -0.2) is 0 Å². The van der Waals surface area contributed by atoms with Crippen molar-refractivity contribution in [2.24, 2.45) is 5.73 Å². The number of carbonyl (C=O) groups is 4. The van der Waals surface area contributed by atoms with Crippen LogP contribution in [-0.2, 0) is 32.0 Å². The van der Waals surface area contributed by atoms with E-state index in [1.165, 1.54) is 17.0 Å². The summed E-state index contributed by atoms with van der Waals surface area (Å²) in [6.45, 7) is 0.836. The number of carbonyl (C=O) groups excluding carboxylic acids is 3. The molecule has 2 aromatic carbocycles. The molecule has 2 saturated heterocycles. The highest BCUT2D eigenvalue weighted by Gasteiger charge is 2.43. The summed E-state index contributed by atoms with van der Waals surface area (Å²) in [6.07, 6.45) is 2.65. The quantitative estimate of drug-likeness (QED) is 0.358. The Morgan fingerprint density at radius 2 is 1.49 bits per heavy atom. The molecule has 5 N–H and O–H groups in total. The van der Waals surface area contributed by atoms with Crippen molar-refractivity contribution in [3.63, 3.8) is 0 Å². The van der Waals surface area contributed by atoms with Crippen molar-refractivity contribution in [1.29, 1.82) is 0 Å². The number of likely N-dealkylation sites (tertiary alicyclic amines) is 2. The monoisotopic (exact) mass is 536 g/mol. The zero-order valence-electron chi connectivity index (χ0n) is 21.9. The van der Waals surface area contributed by atoms with Gasteiger partial charge in [0.15, 0.2) is 0 Å². The van der Waals surface area contributed by atoms with E-state index in [-0.39, 0.29) is 30.4 Å². The van der Waals surface area contributed by atoms with Crippen LogP contribution in [0.3, 0.4) is 0 Å². The van der Waals surface area contributed by atoms with Crippen molar-refractivity contribution in [3.05, 3.63) is 65.7 Å². The minimum Gasteiger partial charge on any atom is -0.508 e. The van der Waals surface area contributed by atoms with Crippen LogP contribution in [0, 0.1) is 0 Å². The number of phenolic OH excluding ortho intramolecular Hbond substituents is 1. The van der Waals surface area contributed by atoms with Crippen LogP contribution >= 0.6 is 0 Å². The number of nitrogens with zero attached hydrogens (tertiary/aromatic N) is 2. The van der Waals surface area contributed by atoms with E-state index in [0.29, 0.717) is 45.2 Å². The molecular formula is C29H36N4O6. The molecular weight excluding hydrogens is 500 g/mol. The Balaban J connectivity index is 1.41. The SMILES string of the molecule is N[C@@H](Cc1ccccc1)C(=O)N1CCC[C@H]1C(=O)N1CCC[C@H]1C(=O)N[C@H](CC(=O)O)Cc1ccc(O)cc1. The Bertz CT molecular complexity index is 1170. The third kappa shape index (κ3) is 7.14. The van der Waals surface area contributed by atoms with Gasteiger partial charge in [0.1, 0.15) is 17.8 Å². The first kappa shape index (κ1) is 28.1. The molecule has 2 aromatic rings. The summed E-state index contributed by atoms with van der Waals surface area (Å²) in [6, 6.07) is 13.0. The van der Waals surface area contributed by atoms with Crippen molar-refractivity contribution in [1.82, 2.24) is 15.1 Å². The van der Waals surface area contributed by atoms with Crippen LogP contribution in [0.15, 0.2) is 54.6 Å². The third-order valence-electron chi connectivity index (χ3n) is 7.46. The van der Waals surface area contributed by atoms with E-state index in [1.807, 2.05) is 30.3 Å². The number of carboxylic acid groups (broad SMARTS) is 1. The normalized spacial score (nSPS) is 20.4. The van der Waals surface area contributed by atoms with Crippen molar-refractivity contribution in [2.75, 3.05) is 13.1 Å². The van der Waals surface area contributed by atoms with Gasteiger partial charge in [0.25, 0.3) is 0 Å². The summed E-state index contributed by atoms with van der Waals surface area (Å²) in [7, 11) is 0. The number of hydrogen-bond acceptors (Lipinski definition) is 6. The van der Waals surface area contributed by atoms with Crippen LogP contribution in [0.1, 0.15) is 43.2 Å². The number of amides is 3. The van der Waals surface area contributed by atoms with Crippen molar-refractivity contribution >= 4 is 23.7 Å². The molecule has 2 heterocycles. The predicted molar refractivity (Wildman–Crippen MR) is 144 cm³/mol. The molecule has 2 aliphatic heterocycles. The summed E-state index contributed by atoms with van der Waals surface area (Å²) in [4.78, 5) is 54.7. The van der Waals surface area contributed by atoms with E-state index >= 15 is 0 Å². The second kappa shape index (κ2) is 12.8. The molecule has 10 nitrogen and oxygen atoms in total. The van der Waals surface area contributed by atoms with Gasteiger partial charge in [0.05, 0.1) is 12.5 Å². The van der Waals surface area contributed by atoms with E-state index in [4.69, 9.17) is 5.73 Å². The lowest BCUT2D eigenvalue weighted by Crippen LogP contribution is -2.56. The van der Waals surface area contributed by atoms with Crippen molar-refractivity contribution < 1.29 is 29.4 Å². The van der Waals surface area contributed by atoms with E-state index in [2.05, 4.69) is 5.32 Å². The molecule has 2 aliphatic rings. The van der Waals surface area contributed by atoms with E-state index in [1.54, 1.807) is 17.0 Å². The van der Waals surface area contributed by atoms with Gasteiger partial charge < -0.3 is 31.1 Å². The van der Waals surface area contributed by atoms with Gasteiger partial charge in [-0.2, -0.15) is 0 Å². The van der Waals surface area contributed by atoms with Crippen LogP contribution in [0.25, 0.3) is 0 Å². The third-order valence-corrected chi connectivity index (χ3v) is 7.46. The maximum Gasteiger partial charge on any atom is 0.305 e. The molecule has 0 unspecified atom stereocenters. The van der Waals surface area contributed by atoms with Gasteiger partial charge in [-0.05, 0) is 61.8 Å². The first-order valence-corrected chi connectivity index (χ1v) is 13.4. The zero-order valence-corrected chi connectivity index (χ0v) is 21.9. The number of aromatic hydroxyl groups is 1. The Morgan fingerprint density at radius 1 is 0.872 bits per heavy atom. The molecule has 0 saturated carbocycles. The van der Waals surface area contributed by atoms with Crippen molar-refractivity contribution in [3.8, 4) is 5.75 Å². The fourth-order valence-corrected chi connectivity index (χ4v) is 5.55. The van der Waals surface area contributed by atoms with Gasteiger partial charge >= 0.3 is 5.97 Å². The first-order chi connectivity index (χ1) is 18.7. The van der Waals surface area contributed by atoms with Gasteiger partial charge in [-0.3, -0.25) is 19.2 Å². The summed E-state index contributed by atoms with van der Waals surface area (Å²) in [5.41, 5.74) is 7.96. The van der Waals surface area contributed by atoms with Gasteiger partial charge in [0, 0.05) is 19.1 Å². The number of benzene rings is 2. The Morgan fingerprint density at radius 3 is 2.15 bits per heavy atom. The highest BCUT2D eigenvalue weighted by molar-refractivity contribution is 5.94. The minimum absolute atomic E-state index is 0.0955. The number of nitrogens with one attached hydrogen (secondary N) is 1. The fourth-order valence-electron chi connectivity index (χ4n) is 5.55. The number of phenols is 1. The molecule has 0 bridgehead atoms. The lowest BCUT2D eigenvalue weighted by Gasteiger charge is -2.32. The molecule has 0 spiro atoms. The van der Waals surface area contributed by atoms with Gasteiger partial charge in [0.2, 0.25) is 17.7 Å². The molecule has 208 valence electrons. The molecule has 3 amide bonds. The lowest BCUT2D eigenvalue weighted by atomic mass is 10.0. The molecule has 0 aliphatic carbocycles. The van der Waals surface area contributed by atoms with Crippen LogP contribution in [0.4, 0.5) is 0 Å². The highest BCUT2D eigenvalue weighted by Crippen LogP contribution is 2.26. The Labute approximate surface area is 227 Å². The van der Waals surface area contributed by atoms with Crippen molar-refractivity contribution in [2.45, 2.75) is 69.1 Å². The second-order valence-electron chi connectivity index (χ2n) is 10.3. The summed E-state index contributed by atoms with van der Waals surface area (Å²) in [5, 5.41) is 21.7. The smallest absolute Gasteiger partial charge is 0.305 e. The van der Waals surface area contributed by atoms with Crippen LogP contribution in [0.2, 0.25) is 0 Å². The molecule has 2 fully saturated rings. The zero-order chi connectivity index (χ0) is 27.9. The maximum absolute atomic E-state index is 13.6. The summed E-state index contributed by atoms with van der Waals surface area (Å²) < 4.78 is 0. The fraction of sp³-hybridized carbons (Fsp3) is 0.448. The van der Waals surface area contributed by atoms with E-state index in [9.17, 15) is 29.4 Å². The first-order valence-electron chi connectivity index (χ1n) is 13.4. The van der Waals surface area contributed by atoms with E-state index < -0.39 is 36.0 Å². The molecule has 10 heteroatoms. The number of nitrogens with two attached hydrogens (primary N) is 1. The van der Waals surface area contributed by atoms with Gasteiger partial charge in [-0.15, -0.1) is 0 Å². The average molecular weight is 537 g/mol. The number of rotatable bonds is 10. The Kier molecular flexibility index (Phi) is 9.19. The molecule has 0 aromatic heterocycles. The molecule has 39 heavy (non-hydrogen) atoms. The lowest BCUT2D eigenvalue weighted by molar-refractivity contribution is -0.147. The summed E-state index contributed by atoms with van der Waals surface area (Å²) >= 11 is 0. The minimum atomic E-state index is -1.05. The Hall–Kier alpha value is -3.92. The largest absolute Gasteiger partial charge is 0.508 e. The number of hydrogen-bond donors (Lipinski definition) is 4. The van der Waals surface area contributed by atoms with Crippen LogP contribution in [-0.4, -0.2) is 81.0 Å². The highest BCUT2D eigenvalue weighted by atomic mass is 16.4. The molecule has 4 atom stereocenters. The number of carboxylic acids is 1. The standard InChI is InChI=1S/C29H36N4O6/c30-23(17-19-6-2-1-3-7-19)28(38)33-15-5-9-25(33)29(39)32-14-4-8-24(32)27(37)31-21(18-26(35)36)16-20-10-12-22(34)13-11-20/h1-3,6-7,10-13,21,23-25,34H,4-5,8-9,14-18,30H2,(H,31,37)(H,35,36)/t21-,23-,24-,25-/m0/s1. The predicted octanol–water partition coefficient (Wildman–Crippen LogP) is 1.45. The van der Waals surface area contributed by atoms with Crippen LogP contribution < -0.4 is 11.1 Å². The second-order valence-corrected chi connectivity index (χ2v) is 10.3. The van der Waals surface area contributed by atoms with E-state index in [0.717, 1.165) is 11.1 Å². The van der Waals surface area contributed by atoms with Crippen LogP contribution in [0.5, 0.6) is 5.75 Å². The average Bonchev–Trinajstić information content (AvgIpc) is 3.60. The number of aliphatic carboxylic acids is 1. The topological polar surface area (TPSA) is 153 Å². The maximum atomic E-state index is 13.6. The summed E-state index contributed by atoms with van der Waals surface area (Å²) in [5.74, 6) is -1.89. The molecule has 0 radical (unpaired) electrons.